The van der Waals surface area contributed by atoms with Crippen molar-refractivity contribution in [3.05, 3.63) is 65.0 Å². The summed E-state index contributed by atoms with van der Waals surface area (Å²) in [7, 11) is 6.11. The maximum absolute atomic E-state index is 13.0. The van der Waals surface area contributed by atoms with Crippen LogP contribution in [-0.2, 0) is 6.54 Å². The van der Waals surface area contributed by atoms with Crippen molar-refractivity contribution in [3.63, 3.8) is 0 Å². The molecule has 1 aliphatic rings. The minimum Gasteiger partial charge on any atom is -0.507 e. The van der Waals surface area contributed by atoms with Crippen LogP contribution in [0.3, 0.4) is 0 Å². The van der Waals surface area contributed by atoms with Crippen LogP contribution >= 0.6 is 0 Å². The molecule has 30 heavy (non-hydrogen) atoms. The number of H-pyrrole nitrogens is 1. The molecule has 6 heteroatoms. The number of aromatic nitrogens is 1. The van der Waals surface area contributed by atoms with Gasteiger partial charge in [-0.15, -0.1) is 0 Å². The Morgan fingerprint density at radius 1 is 1.10 bits per heavy atom. The molecule has 0 spiro atoms. The highest BCUT2D eigenvalue weighted by atomic mass is 16.5. The Bertz CT molecular complexity index is 1110. The summed E-state index contributed by atoms with van der Waals surface area (Å²) in [6, 6.07) is 11.1. The number of phenolic OH excluding ortho intramolecular Hbond substituents is 1. The molecule has 1 aromatic heterocycles. The van der Waals surface area contributed by atoms with E-state index in [2.05, 4.69) is 28.9 Å². The topological polar surface area (TPSA) is 68.8 Å². The third kappa shape index (κ3) is 3.97. The Kier molecular flexibility index (Phi) is 5.61. The number of nitrogens with zero attached hydrogens (tertiary/aromatic N) is 2. The number of ether oxygens (including phenoxy) is 1. The third-order valence-corrected chi connectivity index (χ3v) is 5.40. The number of allylic oxidation sites excluding steroid dienone is 1. The van der Waals surface area contributed by atoms with E-state index in [9.17, 15) is 9.90 Å². The van der Waals surface area contributed by atoms with Crippen LogP contribution in [0.1, 0.15) is 27.9 Å². The molecule has 1 aliphatic heterocycles. The smallest absolute Gasteiger partial charge is 0.231 e. The van der Waals surface area contributed by atoms with Gasteiger partial charge in [-0.25, -0.2) is 0 Å². The average Bonchev–Trinajstić information content (AvgIpc) is 3.26. The molecule has 156 valence electrons. The maximum Gasteiger partial charge on any atom is 0.231 e. The zero-order valence-electron chi connectivity index (χ0n) is 17.6. The molecule has 0 saturated carbocycles. The van der Waals surface area contributed by atoms with E-state index in [0.717, 1.165) is 36.0 Å². The number of rotatable bonds is 7. The zero-order chi connectivity index (χ0) is 21.3. The van der Waals surface area contributed by atoms with Gasteiger partial charge in [-0.3, -0.25) is 4.79 Å². The first kappa shape index (κ1) is 20.2. The van der Waals surface area contributed by atoms with Crippen molar-refractivity contribution >= 4 is 22.8 Å². The SMILES string of the molecule is CN(C)CCCN(C)Cc1c(O)ccc2c1OC(=Cc1c[nH]c3ccccc13)C2=O. The van der Waals surface area contributed by atoms with E-state index in [1.54, 1.807) is 18.2 Å². The Morgan fingerprint density at radius 2 is 1.90 bits per heavy atom. The Balaban J connectivity index is 1.59. The van der Waals surface area contributed by atoms with Crippen molar-refractivity contribution in [3.8, 4) is 11.5 Å². The highest BCUT2D eigenvalue weighted by Gasteiger charge is 2.31. The number of Topliss-reactive ketones (excluding diaryl/α,β-unsaturated/α-hetero) is 1. The van der Waals surface area contributed by atoms with Gasteiger partial charge in [-0.1, -0.05) is 18.2 Å². The zero-order valence-corrected chi connectivity index (χ0v) is 17.6. The lowest BCUT2D eigenvalue weighted by atomic mass is 10.0. The molecule has 6 nitrogen and oxygen atoms in total. The lowest BCUT2D eigenvalue weighted by Crippen LogP contribution is -2.23. The largest absolute Gasteiger partial charge is 0.507 e. The molecule has 0 fully saturated rings. The lowest BCUT2D eigenvalue weighted by molar-refractivity contribution is 0.101. The molecule has 2 aromatic carbocycles. The quantitative estimate of drug-likeness (QED) is 0.584. The van der Waals surface area contributed by atoms with Gasteiger partial charge in [0.1, 0.15) is 11.5 Å². The summed E-state index contributed by atoms with van der Waals surface area (Å²) in [4.78, 5) is 20.4. The number of benzene rings is 2. The normalized spacial score (nSPS) is 14.8. The van der Waals surface area contributed by atoms with E-state index in [0.29, 0.717) is 23.4 Å². The van der Waals surface area contributed by atoms with E-state index < -0.39 is 0 Å². The molecule has 4 rings (SSSR count). The number of phenols is 1. The van der Waals surface area contributed by atoms with Crippen LogP contribution in [0.25, 0.3) is 17.0 Å². The molecule has 0 bridgehead atoms. The summed E-state index contributed by atoms with van der Waals surface area (Å²) >= 11 is 0. The van der Waals surface area contributed by atoms with Crippen molar-refractivity contribution < 1.29 is 14.6 Å². The molecule has 0 saturated heterocycles. The highest BCUT2D eigenvalue weighted by molar-refractivity contribution is 6.15. The summed E-state index contributed by atoms with van der Waals surface area (Å²) in [5, 5.41) is 11.5. The number of hydrogen-bond donors (Lipinski definition) is 2. The van der Waals surface area contributed by atoms with Crippen LogP contribution in [0.15, 0.2) is 48.4 Å². The predicted molar refractivity (Wildman–Crippen MR) is 119 cm³/mol. The molecule has 0 unspecified atom stereocenters. The minimum absolute atomic E-state index is 0.148. The second-order valence-corrected chi connectivity index (χ2v) is 8.06. The number of carbonyl (C=O) groups is 1. The van der Waals surface area contributed by atoms with Gasteiger partial charge < -0.3 is 24.6 Å². The first-order valence-electron chi connectivity index (χ1n) is 10.1. The van der Waals surface area contributed by atoms with Crippen LogP contribution in [0, 0.1) is 0 Å². The number of carbonyl (C=O) groups excluding carboxylic acids is 1. The van der Waals surface area contributed by atoms with Crippen molar-refractivity contribution in [2.75, 3.05) is 34.2 Å². The number of ketones is 1. The number of aromatic amines is 1. The van der Waals surface area contributed by atoms with E-state index in [1.165, 1.54) is 0 Å². The van der Waals surface area contributed by atoms with Crippen LogP contribution in [0.2, 0.25) is 0 Å². The number of aromatic hydroxyl groups is 1. The third-order valence-electron chi connectivity index (χ3n) is 5.40. The molecule has 0 aliphatic carbocycles. The second kappa shape index (κ2) is 8.34. The van der Waals surface area contributed by atoms with Gasteiger partial charge >= 0.3 is 0 Å². The number of para-hydroxylation sites is 1. The molecular weight excluding hydrogens is 378 g/mol. The van der Waals surface area contributed by atoms with E-state index in [1.807, 2.05) is 37.5 Å². The fourth-order valence-electron chi connectivity index (χ4n) is 3.81. The first-order valence-corrected chi connectivity index (χ1v) is 10.1. The minimum atomic E-state index is -0.160. The molecule has 2 N–H and O–H groups in total. The average molecular weight is 405 g/mol. The standard InChI is InChI=1S/C24H27N3O3/c1-26(2)11-6-12-27(3)15-19-21(28)10-9-18-23(29)22(30-24(18)19)13-16-14-25-20-8-5-4-7-17(16)20/h4-5,7-10,13-14,25,28H,6,11-12,15H2,1-3H3. The van der Waals surface area contributed by atoms with Crippen molar-refractivity contribution in [2.45, 2.75) is 13.0 Å². The fraction of sp³-hybridized carbons (Fsp3) is 0.292. The molecule has 0 radical (unpaired) electrons. The van der Waals surface area contributed by atoms with Gasteiger partial charge in [0, 0.05) is 29.2 Å². The van der Waals surface area contributed by atoms with Crippen LogP contribution < -0.4 is 4.74 Å². The van der Waals surface area contributed by atoms with Gasteiger partial charge in [-0.05, 0) is 64.9 Å². The summed E-state index contributed by atoms with van der Waals surface area (Å²) < 4.78 is 6.00. The fourth-order valence-corrected chi connectivity index (χ4v) is 3.81. The maximum atomic E-state index is 13.0. The Morgan fingerprint density at radius 3 is 2.70 bits per heavy atom. The van der Waals surface area contributed by atoms with E-state index >= 15 is 0 Å². The van der Waals surface area contributed by atoms with Gasteiger partial charge in [-0.2, -0.15) is 0 Å². The van der Waals surface area contributed by atoms with Gasteiger partial charge in [0.05, 0.1) is 11.1 Å². The van der Waals surface area contributed by atoms with Crippen LogP contribution in [0.4, 0.5) is 0 Å². The molecular formula is C24H27N3O3. The summed E-state index contributed by atoms with van der Waals surface area (Å²) in [5.74, 6) is 0.726. The van der Waals surface area contributed by atoms with E-state index in [4.69, 9.17) is 4.74 Å². The number of hydrogen-bond acceptors (Lipinski definition) is 5. The van der Waals surface area contributed by atoms with E-state index in [-0.39, 0.29) is 17.3 Å². The van der Waals surface area contributed by atoms with Gasteiger partial charge in [0.2, 0.25) is 5.78 Å². The molecule has 2 heterocycles. The van der Waals surface area contributed by atoms with Crippen LogP contribution in [0.5, 0.6) is 11.5 Å². The monoisotopic (exact) mass is 405 g/mol. The van der Waals surface area contributed by atoms with Gasteiger partial charge in [0.25, 0.3) is 0 Å². The van der Waals surface area contributed by atoms with Crippen molar-refractivity contribution in [1.29, 1.82) is 0 Å². The Labute approximate surface area is 176 Å². The summed E-state index contributed by atoms with van der Waals surface area (Å²) in [6.07, 6.45) is 4.65. The number of nitrogens with one attached hydrogen (secondary N) is 1. The Hall–Kier alpha value is -3.09. The number of fused-ring (bicyclic) bond motifs is 2. The summed E-state index contributed by atoms with van der Waals surface area (Å²) in [5.41, 5.74) is 3.05. The lowest BCUT2D eigenvalue weighted by Gasteiger charge is -2.20. The molecule has 0 atom stereocenters. The van der Waals surface area contributed by atoms with Crippen molar-refractivity contribution in [2.24, 2.45) is 0 Å². The summed E-state index contributed by atoms with van der Waals surface area (Å²) in [6.45, 7) is 2.39. The first-order chi connectivity index (χ1) is 14.4. The molecule has 3 aromatic rings. The van der Waals surface area contributed by atoms with Crippen molar-refractivity contribution in [1.82, 2.24) is 14.8 Å². The highest BCUT2D eigenvalue weighted by Crippen LogP contribution is 2.40. The molecule has 0 amide bonds. The van der Waals surface area contributed by atoms with Gasteiger partial charge in [0.15, 0.2) is 5.76 Å². The predicted octanol–water partition coefficient (Wildman–Crippen LogP) is 3.87. The second-order valence-electron chi connectivity index (χ2n) is 8.06. The van der Waals surface area contributed by atoms with Crippen LogP contribution in [-0.4, -0.2) is 59.9 Å².